The number of hydrogen-bond donors (Lipinski definition) is 1. The van der Waals surface area contributed by atoms with E-state index in [1.807, 2.05) is 0 Å². The minimum atomic E-state index is -0.436. The van der Waals surface area contributed by atoms with Crippen molar-refractivity contribution >= 4 is 0 Å². The van der Waals surface area contributed by atoms with Gasteiger partial charge in [-0.25, -0.2) is 0 Å². The lowest BCUT2D eigenvalue weighted by molar-refractivity contribution is 0.161. The van der Waals surface area contributed by atoms with E-state index in [1.165, 1.54) is 6.42 Å². The summed E-state index contributed by atoms with van der Waals surface area (Å²) in [4.78, 5) is 0. The van der Waals surface area contributed by atoms with E-state index in [0.29, 0.717) is 11.8 Å². The molecule has 70 valence electrons. The molecule has 0 saturated carbocycles. The Morgan fingerprint density at radius 3 is 2.17 bits per heavy atom. The van der Waals surface area contributed by atoms with Crippen molar-refractivity contribution in [3.63, 3.8) is 0 Å². The van der Waals surface area contributed by atoms with Crippen molar-refractivity contribution in [3.8, 4) is 11.8 Å². The summed E-state index contributed by atoms with van der Waals surface area (Å²) in [5, 5.41) is 9.46. The van der Waals surface area contributed by atoms with E-state index >= 15 is 0 Å². The van der Waals surface area contributed by atoms with Crippen LogP contribution in [0.5, 0.6) is 0 Å². The Balaban J connectivity index is 3.68. The molecule has 0 saturated heterocycles. The average molecular weight is 168 g/mol. The molecule has 2 unspecified atom stereocenters. The van der Waals surface area contributed by atoms with Crippen LogP contribution in [-0.2, 0) is 0 Å². The minimum Gasteiger partial charge on any atom is -0.380 e. The molecule has 1 N–H and O–H groups in total. The molecule has 12 heavy (non-hydrogen) atoms. The summed E-state index contributed by atoms with van der Waals surface area (Å²) in [5.74, 6) is 6.53. The molecule has 0 aromatic rings. The van der Waals surface area contributed by atoms with Crippen molar-refractivity contribution in [1.29, 1.82) is 0 Å². The molecule has 1 nitrogen and oxygen atoms in total. The monoisotopic (exact) mass is 168 g/mol. The second-order valence-electron chi connectivity index (χ2n) is 3.79. The fourth-order valence-electron chi connectivity index (χ4n) is 1.04. The van der Waals surface area contributed by atoms with E-state index in [1.54, 1.807) is 6.92 Å². The first-order chi connectivity index (χ1) is 5.57. The summed E-state index contributed by atoms with van der Waals surface area (Å²) in [5.41, 5.74) is 0. The van der Waals surface area contributed by atoms with Gasteiger partial charge in [0.2, 0.25) is 0 Å². The van der Waals surface area contributed by atoms with Crippen LogP contribution in [0, 0.1) is 23.7 Å². The van der Waals surface area contributed by atoms with Crippen LogP contribution in [0.4, 0.5) is 0 Å². The summed E-state index contributed by atoms with van der Waals surface area (Å²) in [6, 6.07) is 0. The zero-order valence-electron chi connectivity index (χ0n) is 8.59. The highest BCUT2D eigenvalue weighted by Crippen LogP contribution is 2.14. The number of rotatable bonds is 4. The van der Waals surface area contributed by atoms with E-state index in [4.69, 9.17) is 0 Å². The second kappa shape index (κ2) is 6.08. The molecule has 0 radical (unpaired) electrons. The minimum absolute atomic E-state index is 0.305. The highest BCUT2D eigenvalue weighted by atomic mass is 16.3. The molecule has 0 aliphatic heterocycles. The van der Waals surface area contributed by atoms with Gasteiger partial charge in [0.05, 0.1) is 0 Å². The molecule has 0 fully saturated rings. The summed E-state index contributed by atoms with van der Waals surface area (Å²) in [6.07, 6.45) is 1.80. The van der Waals surface area contributed by atoms with Gasteiger partial charge in [-0.1, -0.05) is 33.1 Å². The SMILES string of the molecule is CC#CC(O)C(C)CCC(C)C. The van der Waals surface area contributed by atoms with Gasteiger partial charge in [-0.3, -0.25) is 0 Å². The van der Waals surface area contributed by atoms with E-state index in [0.717, 1.165) is 6.42 Å². The third kappa shape index (κ3) is 5.21. The van der Waals surface area contributed by atoms with Crippen LogP contribution < -0.4 is 0 Å². The van der Waals surface area contributed by atoms with Crippen molar-refractivity contribution < 1.29 is 5.11 Å². The van der Waals surface area contributed by atoms with Crippen LogP contribution in [0.15, 0.2) is 0 Å². The molecule has 1 heteroatoms. The first-order valence-electron chi connectivity index (χ1n) is 4.68. The summed E-state index contributed by atoms with van der Waals surface area (Å²) >= 11 is 0. The summed E-state index contributed by atoms with van der Waals surface area (Å²) in [6.45, 7) is 8.21. The molecule has 0 aromatic heterocycles. The Bertz CT molecular complexity index is 162. The van der Waals surface area contributed by atoms with Gasteiger partial charge in [0.1, 0.15) is 6.10 Å². The summed E-state index contributed by atoms with van der Waals surface area (Å²) in [7, 11) is 0. The van der Waals surface area contributed by atoms with Gasteiger partial charge < -0.3 is 5.11 Å². The van der Waals surface area contributed by atoms with Gasteiger partial charge in [-0.2, -0.15) is 0 Å². The highest BCUT2D eigenvalue weighted by Gasteiger charge is 2.11. The van der Waals surface area contributed by atoms with Gasteiger partial charge in [-0.15, -0.1) is 5.92 Å². The lowest BCUT2D eigenvalue weighted by Crippen LogP contribution is -2.15. The van der Waals surface area contributed by atoms with Crippen molar-refractivity contribution in [3.05, 3.63) is 0 Å². The number of aliphatic hydroxyl groups is 1. The van der Waals surface area contributed by atoms with Crippen LogP contribution in [0.25, 0.3) is 0 Å². The zero-order chi connectivity index (χ0) is 9.56. The first-order valence-corrected chi connectivity index (χ1v) is 4.68. The van der Waals surface area contributed by atoms with Gasteiger partial charge in [0.15, 0.2) is 0 Å². The Hall–Kier alpha value is -0.480. The molecule has 0 amide bonds. The maximum atomic E-state index is 9.46. The number of aliphatic hydroxyl groups excluding tert-OH is 1. The Labute approximate surface area is 76.2 Å². The van der Waals surface area contributed by atoms with Crippen molar-refractivity contribution in [2.45, 2.75) is 46.6 Å². The smallest absolute Gasteiger partial charge is 0.117 e. The highest BCUT2D eigenvalue weighted by molar-refractivity contribution is 5.03. The van der Waals surface area contributed by atoms with E-state index in [2.05, 4.69) is 32.6 Å². The second-order valence-corrected chi connectivity index (χ2v) is 3.79. The molecule has 0 heterocycles. The van der Waals surface area contributed by atoms with Crippen LogP contribution in [0.3, 0.4) is 0 Å². The fourth-order valence-corrected chi connectivity index (χ4v) is 1.04. The van der Waals surface area contributed by atoms with Crippen LogP contribution in [-0.4, -0.2) is 11.2 Å². The Morgan fingerprint density at radius 1 is 1.17 bits per heavy atom. The molecular weight excluding hydrogens is 148 g/mol. The van der Waals surface area contributed by atoms with E-state index < -0.39 is 6.10 Å². The summed E-state index contributed by atoms with van der Waals surface area (Å²) < 4.78 is 0. The maximum Gasteiger partial charge on any atom is 0.117 e. The topological polar surface area (TPSA) is 20.2 Å². The predicted molar refractivity (Wildman–Crippen MR) is 52.7 cm³/mol. The van der Waals surface area contributed by atoms with Crippen LogP contribution in [0.1, 0.15) is 40.5 Å². The van der Waals surface area contributed by atoms with Gasteiger partial charge in [0.25, 0.3) is 0 Å². The number of hydrogen-bond acceptors (Lipinski definition) is 1. The zero-order valence-corrected chi connectivity index (χ0v) is 8.59. The van der Waals surface area contributed by atoms with Crippen molar-refractivity contribution in [2.24, 2.45) is 11.8 Å². The lowest BCUT2D eigenvalue weighted by Gasteiger charge is -2.14. The standard InChI is InChI=1S/C11H20O/c1-5-6-11(12)10(4)8-7-9(2)3/h9-12H,7-8H2,1-4H3. The van der Waals surface area contributed by atoms with Gasteiger partial charge >= 0.3 is 0 Å². The first kappa shape index (κ1) is 11.5. The van der Waals surface area contributed by atoms with E-state index in [-0.39, 0.29) is 0 Å². The Morgan fingerprint density at radius 2 is 1.75 bits per heavy atom. The van der Waals surface area contributed by atoms with Crippen molar-refractivity contribution in [2.75, 3.05) is 0 Å². The molecule has 0 aliphatic rings. The maximum absolute atomic E-state index is 9.46. The molecule has 0 rings (SSSR count). The van der Waals surface area contributed by atoms with Crippen molar-refractivity contribution in [1.82, 2.24) is 0 Å². The third-order valence-corrected chi connectivity index (χ3v) is 2.03. The molecule has 0 bridgehead atoms. The third-order valence-electron chi connectivity index (χ3n) is 2.03. The largest absolute Gasteiger partial charge is 0.380 e. The van der Waals surface area contributed by atoms with Crippen LogP contribution >= 0.6 is 0 Å². The quantitative estimate of drug-likeness (QED) is 0.639. The predicted octanol–water partition coefficient (Wildman–Crippen LogP) is 2.44. The average Bonchev–Trinajstić information content (AvgIpc) is 2.00. The fraction of sp³-hybridized carbons (Fsp3) is 0.818. The Kier molecular flexibility index (Phi) is 5.84. The van der Waals surface area contributed by atoms with Gasteiger partial charge in [0, 0.05) is 0 Å². The normalized spacial score (nSPS) is 15.2. The molecular formula is C11H20O. The molecule has 0 aromatic carbocycles. The van der Waals surface area contributed by atoms with E-state index in [9.17, 15) is 5.11 Å². The lowest BCUT2D eigenvalue weighted by atomic mass is 9.95. The molecule has 0 aliphatic carbocycles. The van der Waals surface area contributed by atoms with Crippen LogP contribution in [0.2, 0.25) is 0 Å². The van der Waals surface area contributed by atoms with Gasteiger partial charge in [-0.05, 0) is 25.2 Å². The molecule has 2 atom stereocenters. The molecule has 0 spiro atoms.